The smallest absolute Gasteiger partial charge is 0.295 e. The molecule has 24 heavy (non-hydrogen) atoms. The Balaban J connectivity index is 1.89. The highest BCUT2D eigenvalue weighted by Gasteiger charge is 2.30. The highest BCUT2D eigenvalue weighted by atomic mass is 35.5. The molecule has 0 N–H and O–H groups in total. The van der Waals surface area contributed by atoms with Crippen LogP contribution in [0, 0.1) is 0 Å². The van der Waals surface area contributed by atoms with Gasteiger partial charge in [0.1, 0.15) is 0 Å². The molecule has 5 nitrogen and oxygen atoms in total. The van der Waals surface area contributed by atoms with Gasteiger partial charge < -0.3 is 4.90 Å². The lowest BCUT2D eigenvalue weighted by molar-refractivity contribution is -0.126. The van der Waals surface area contributed by atoms with Crippen LogP contribution in [0.2, 0.25) is 5.02 Å². The zero-order valence-corrected chi connectivity index (χ0v) is 14.2. The molecule has 0 radical (unpaired) electrons. The zero-order valence-electron chi connectivity index (χ0n) is 12.6. The van der Waals surface area contributed by atoms with Gasteiger partial charge in [0, 0.05) is 23.7 Å². The first-order valence-electron chi connectivity index (χ1n) is 7.28. The summed E-state index contributed by atoms with van der Waals surface area (Å²) in [5.41, 5.74) is 0.747. The van der Waals surface area contributed by atoms with Gasteiger partial charge in [-0.2, -0.15) is 0 Å². The maximum absolute atomic E-state index is 12.5. The Morgan fingerprint density at radius 3 is 2.38 bits per heavy atom. The second kappa shape index (κ2) is 6.37. The molecular weight excluding hydrogens is 350 g/mol. The summed E-state index contributed by atoms with van der Waals surface area (Å²) in [6, 6.07) is 12.6. The number of nitrogens with zero attached hydrogens (tertiary/aromatic N) is 1. The minimum Gasteiger partial charge on any atom is -0.330 e. The molecule has 0 bridgehead atoms. The predicted octanol–water partition coefficient (Wildman–Crippen LogP) is 2.34. The van der Waals surface area contributed by atoms with Crippen LogP contribution in [-0.4, -0.2) is 37.3 Å². The molecule has 0 spiro atoms. The quantitative estimate of drug-likeness (QED) is 0.606. The van der Waals surface area contributed by atoms with Crippen molar-refractivity contribution < 1.29 is 18.0 Å². The van der Waals surface area contributed by atoms with Crippen molar-refractivity contribution in [2.45, 2.75) is 11.4 Å². The molecule has 0 atom stereocenters. The van der Waals surface area contributed by atoms with Gasteiger partial charge in [0.15, 0.2) is 9.84 Å². The Morgan fingerprint density at radius 2 is 1.67 bits per heavy atom. The molecule has 0 saturated carbocycles. The lowest BCUT2D eigenvalue weighted by Gasteiger charge is -2.19. The highest BCUT2D eigenvalue weighted by molar-refractivity contribution is 7.91. The Morgan fingerprint density at radius 1 is 1.00 bits per heavy atom. The third-order valence-corrected chi connectivity index (χ3v) is 5.93. The summed E-state index contributed by atoms with van der Waals surface area (Å²) in [4.78, 5) is 26.4. The fourth-order valence-corrected chi connectivity index (χ4v) is 4.23. The second-order valence-electron chi connectivity index (χ2n) is 5.49. The number of amides is 1. The molecule has 0 saturated heterocycles. The third kappa shape index (κ3) is 3.20. The lowest BCUT2D eigenvalue weighted by Crippen LogP contribution is -2.37. The van der Waals surface area contributed by atoms with Gasteiger partial charge in [-0.1, -0.05) is 29.8 Å². The molecule has 1 aliphatic rings. The van der Waals surface area contributed by atoms with E-state index in [1.165, 1.54) is 35.2 Å². The van der Waals surface area contributed by atoms with Crippen LogP contribution < -0.4 is 0 Å². The van der Waals surface area contributed by atoms with Gasteiger partial charge >= 0.3 is 0 Å². The average Bonchev–Trinajstić information content (AvgIpc) is 2.71. The van der Waals surface area contributed by atoms with E-state index in [0.717, 1.165) is 0 Å². The topological polar surface area (TPSA) is 71.5 Å². The highest BCUT2D eigenvalue weighted by Crippen LogP contribution is 2.23. The molecule has 124 valence electrons. The predicted molar refractivity (Wildman–Crippen MR) is 89.7 cm³/mol. The summed E-state index contributed by atoms with van der Waals surface area (Å²) >= 11 is 5.78. The molecule has 2 aromatic rings. The fourth-order valence-electron chi connectivity index (χ4n) is 2.60. The van der Waals surface area contributed by atoms with Crippen LogP contribution in [0.25, 0.3) is 0 Å². The first-order chi connectivity index (χ1) is 11.4. The average molecular weight is 364 g/mol. The van der Waals surface area contributed by atoms with E-state index in [1.807, 2.05) is 0 Å². The molecule has 2 aromatic carbocycles. The maximum Gasteiger partial charge on any atom is 0.295 e. The molecule has 1 heterocycles. The third-order valence-electron chi connectivity index (χ3n) is 3.89. The van der Waals surface area contributed by atoms with E-state index in [1.54, 1.807) is 18.2 Å². The van der Waals surface area contributed by atoms with Gasteiger partial charge in [0.2, 0.25) is 5.78 Å². The summed E-state index contributed by atoms with van der Waals surface area (Å²) in [6.45, 7) is 0.0722. The van der Waals surface area contributed by atoms with Crippen molar-refractivity contribution in [3.63, 3.8) is 0 Å². The summed E-state index contributed by atoms with van der Waals surface area (Å²) in [5.74, 6) is -1.60. The van der Waals surface area contributed by atoms with E-state index in [2.05, 4.69) is 0 Å². The standard InChI is InChI=1S/C17H14ClNO4S/c18-14-7-5-12(6-8-14)16(20)17(21)19-9-10-24(22,23)15-4-2-1-3-13(15)11-19/h1-8H,9-11H2. The largest absolute Gasteiger partial charge is 0.330 e. The first kappa shape index (κ1) is 16.7. The second-order valence-corrected chi connectivity index (χ2v) is 8.00. The van der Waals surface area contributed by atoms with Crippen LogP contribution in [0.5, 0.6) is 0 Å². The molecular formula is C17H14ClNO4S. The molecule has 7 heteroatoms. The molecule has 0 unspecified atom stereocenters. The van der Waals surface area contributed by atoms with Crippen molar-refractivity contribution in [3.05, 3.63) is 64.7 Å². The fraction of sp³-hybridized carbons (Fsp3) is 0.176. The van der Waals surface area contributed by atoms with Crippen LogP contribution in [0.15, 0.2) is 53.4 Å². The van der Waals surface area contributed by atoms with Gasteiger partial charge in [-0.15, -0.1) is 0 Å². The molecule has 3 rings (SSSR count). The summed E-state index contributed by atoms with van der Waals surface area (Å²) in [7, 11) is -3.46. The number of carbonyl (C=O) groups is 2. The number of carbonyl (C=O) groups excluding carboxylic acids is 2. The monoisotopic (exact) mass is 363 g/mol. The van der Waals surface area contributed by atoms with Gasteiger partial charge in [0.25, 0.3) is 5.91 Å². The number of ketones is 1. The van der Waals surface area contributed by atoms with E-state index < -0.39 is 21.5 Å². The van der Waals surface area contributed by atoms with Crippen LogP contribution in [0.1, 0.15) is 15.9 Å². The van der Waals surface area contributed by atoms with E-state index in [0.29, 0.717) is 10.6 Å². The Kier molecular flexibility index (Phi) is 4.43. The van der Waals surface area contributed by atoms with E-state index in [9.17, 15) is 18.0 Å². The van der Waals surface area contributed by atoms with Gasteiger partial charge in [-0.3, -0.25) is 9.59 Å². The zero-order chi connectivity index (χ0) is 17.3. The van der Waals surface area contributed by atoms with Crippen molar-refractivity contribution in [1.29, 1.82) is 0 Å². The van der Waals surface area contributed by atoms with Crippen LogP contribution in [0.4, 0.5) is 0 Å². The summed E-state index contributed by atoms with van der Waals surface area (Å²) < 4.78 is 24.6. The van der Waals surface area contributed by atoms with Crippen LogP contribution in [0.3, 0.4) is 0 Å². The molecule has 0 fully saturated rings. The van der Waals surface area contributed by atoms with E-state index >= 15 is 0 Å². The first-order valence-corrected chi connectivity index (χ1v) is 9.31. The van der Waals surface area contributed by atoms with E-state index in [-0.39, 0.29) is 29.3 Å². The number of halogens is 1. The maximum atomic E-state index is 12.5. The van der Waals surface area contributed by atoms with Gasteiger partial charge in [0.05, 0.1) is 10.6 Å². The number of hydrogen-bond donors (Lipinski definition) is 0. The number of fused-ring (bicyclic) bond motifs is 1. The number of Topliss-reactive ketones (excluding diaryl/α,β-unsaturated/α-hetero) is 1. The minimum absolute atomic E-state index is 0.0187. The van der Waals surface area contributed by atoms with Gasteiger partial charge in [-0.25, -0.2) is 8.42 Å². The van der Waals surface area contributed by atoms with Crippen molar-refractivity contribution in [2.24, 2.45) is 0 Å². The number of sulfone groups is 1. The number of benzene rings is 2. The molecule has 1 aliphatic heterocycles. The number of hydrogen-bond acceptors (Lipinski definition) is 4. The Hall–Kier alpha value is -2.18. The van der Waals surface area contributed by atoms with Crippen LogP contribution in [-0.2, 0) is 21.2 Å². The molecule has 0 aromatic heterocycles. The Bertz CT molecular complexity index is 906. The summed E-state index contributed by atoms with van der Waals surface area (Å²) in [5, 5.41) is 0.466. The van der Waals surface area contributed by atoms with Gasteiger partial charge in [-0.05, 0) is 35.9 Å². The molecule has 0 aliphatic carbocycles. The number of rotatable bonds is 2. The van der Waals surface area contributed by atoms with Crippen molar-refractivity contribution >= 4 is 33.1 Å². The normalized spacial score (nSPS) is 16.1. The lowest BCUT2D eigenvalue weighted by atomic mass is 10.1. The minimum atomic E-state index is -3.46. The van der Waals surface area contributed by atoms with Crippen LogP contribution >= 0.6 is 11.6 Å². The Labute approximate surface area is 144 Å². The van der Waals surface area contributed by atoms with E-state index in [4.69, 9.17) is 11.6 Å². The SMILES string of the molecule is O=C(C(=O)N1CCS(=O)(=O)c2ccccc2C1)c1ccc(Cl)cc1. The molecule has 1 amide bonds. The van der Waals surface area contributed by atoms with Crippen molar-refractivity contribution in [2.75, 3.05) is 12.3 Å². The summed E-state index contributed by atoms with van der Waals surface area (Å²) in [6.07, 6.45) is 0. The van der Waals surface area contributed by atoms with Crippen molar-refractivity contribution in [3.8, 4) is 0 Å². The van der Waals surface area contributed by atoms with Crippen molar-refractivity contribution in [1.82, 2.24) is 4.90 Å².